The van der Waals surface area contributed by atoms with Gasteiger partial charge in [-0.25, -0.2) is 0 Å². The van der Waals surface area contributed by atoms with E-state index in [0.717, 1.165) is 0 Å². The lowest BCUT2D eigenvalue weighted by Crippen LogP contribution is -2.19. The van der Waals surface area contributed by atoms with Crippen molar-refractivity contribution < 1.29 is 24.2 Å². The van der Waals surface area contributed by atoms with E-state index < -0.39 is 24.5 Å². The first-order valence-corrected chi connectivity index (χ1v) is 3.39. The van der Waals surface area contributed by atoms with Crippen LogP contribution in [0.5, 0.6) is 0 Å². The summed E-state index contributed by atoms with van der Waals surface area (Å²) in [5.74, 6) is -1.54. The molecule has 0 bridgehead atoms. The Morgan fingerprint density at radius 3 is 2.17 bits per heavy atom. The van der Waals surface area contributed by atoms with Gasteiger partial charge < -0.3 is 14.6 Å². The number of aliphatic carboxylic acids is 1. The van der Waals surface area contributed by atoms with Gasteiger partial charge in [-0.05, 0) is 0 Å². The molecule has 0 saturated heterocycles. The number of carbonyl (C=O) groups is 2. The Kier molecular flexibility index (Phi) is 5.23. The third-order valence-electron chi connectivity index (χ3n) is 1.27. The van der Waals surface area contributed by atoms with Crippen LogP contribution in [-0.4, -0.2) is 37.4 Å². The number of hydrogen-bond acceptors (Lipinski definition) is 4. The molecule has 0 aromatic rings. The normalized spacial score (nSPS) is 10.2. The van der Waals surface area contributed by atoms with Crippen molar-refractivity contribution in [3.63, 3.8) is 0 Å². The van der Waals surface area contributed by atoms with Gasteiger partial charge in [-0.1, -0.05) is 0 Å². The molecule has 0 heterocycles. The van der Waals surface area contributed by atoms with E-state index in [1.165, 1.54) is 14.2 Å². The highest BCUT2D eigenvalue weighted by atomic mass is 16.7. The number of methoxy groups -OCH3 is 2. The highest BCUT2D eigenvalue weighted by Crippen LogP contribution is 2.00. The van der Waals surface area contributed by atoms with Gasteiger partial charge in [-0.2, -0.15) is 0 Å². The van der Waals surface area contributed by atoms with Gasteiger partial charge in [-0.3, -0.25) is 9.59 Å². The zero-order valence-corrected chi connectivity index (χ0v) is 7.07. The van der Waals surface area contributed by atoms with Gasteiger partial charge in [0.1, 0.15) is 12.2 Å². The summed E-state index contributed by atoms with van der Waals surface area (Å²) in [6.45, 7) is 0. The zero-order chi connectivity index (χ0) is 9.56. The van der Waals surface area contributed by atoms with Crippen LogP contribution in [0, 0.1) is 0 Å². The Morgan fingerprint density at radius 1 is 1.33 bits per heavy atom. The average molecular weight is 176 g/mol. The van der Waals surface area contributed by atoms with E-state index in [9.17, 15) is 9.59 Å². The minimum absolute atomic E-state index is 0.0285. The summed E-state index contributed by atoms with van der Waals surface area (Å²) in [6.07, 6.45) is -1.15. The highest BCUT2D eigenvalue weighted by molar-refractivity contribution is 5.94. The lowest BCUT2D eigenvalue weighted by Gasteiger charge is -2.10. The van der Waals surface area contributed by atoms with Gasteiger partial charge in [0, 0.05) is 14.2 Å². The molecule has 0 fully saturated rings. The molecule has 5 heteroatoms. The molecule has 70 valence electrons. The van der Waals surface area contributed by atoms with E-state index in [1.54, 1.807) is 0 Å². The number of carboxylic acids is 1. The molecular formula is C7H12O5. The predicted octanol–water partition coefficient (Wildman–Crippen LogP) is 0.0392. The van der Waals surface area contributed by atoms with Crippen LogP contribution in [0.15, 0.2) is 0 Å². The van der Waals surface area contributed by atoms with Crippen LogP contribution in [0.3, 0.4) is 0 Å². The molecule has 0 atom stereocenters. The molecule has 0 amide bonds. The Morgan fingerprint density at radius 2 is 1.83 bits per heavy atom. The number of ketones is 1. The van der Waals surface area contributed by atoms with Crippen molar-refractivity contribution in [2.24, 2.45) is 0 Å². The van der Waals surface area contributed by atoms with Gasteiger partial charge in [0.05, 0.1) is 6.42 Å². The van der Waals surface area contributed by atoms with Crippen LogP contribution in [0.4, 0.5) is 0 Å². The van der Waals surface area contributed by atoms with Gasteiger partial charge >= 0.3 is 5.97 Å². The second-order valence-electron chi connectivity index (χ2n) is 2.21. The minimum Gasteiger partial charge on any atom is -0.481 e. The molecule has 0 unspecified atom stereocenters. The lowest BCUT2D eigenvalue weighted by molar-refractivity contribution is -0.145. The molecule has 0 spiro atoms. The predicted molar refractivity (Wildman–Crippen MR) is 39.7 cm³/mol. The fraction of sp³-hybridized carbons (Fsp3) is 0.714. The van der Waals surface area contributed by atoms with E-state index in [1.807, 2.05) is 0 Å². The molecule has 0 aliphatic rings. The smallest absolute Gasteiger partial charge is 0.310 e. The summed E-state index contributed by atoms with van der Waals surface area (Å²) >= 11 is 0. The van der Waals surface area contributed by atoms with Crippen LogP contribution < -0.4 is 0 Å². The van der Waals surface area contributed by atoms with Crippen molar-refractivity contribution in [3.05, 3.63) is 0 Å². The third-order valence-corrected chi connectivity index (χ3v) is 1.27. The van der Waals surface area contributed by atoms with E-state index in [2.05, 4.69) is 0 Å². The third kappa shape index (κ3) is 4.81. The number of hydrogen-bond donors (Lipinski definition) is 1. The van der Waals surface area contributed by atoms with Crippen molar-refractivity contribution in [3.8, 4) is 0 Å². The number of ether oxygens (including phenoxy) is 2. The molecule has 5 nitrogen and oxygen atoms in total. The van der Waals surface area contributed by atoms with Gasteiger partial charge in [0.15, 0.2) is 6.29 Å². The fourth-order valence-corrected chi connectivity index (χ4v) is 0.690. The van der Waals surface area contributed by atoms with E-state index in [4.69, 9.17) is 14.6 Å². The van der Waals surface area contributed by atoms with Gasteiger partial charge in [0.25, 0.3) is 0 Å². The second-order valence-corrected chi connectivity index (χ2v) is 2.21. The molecule has 0 saturated carbocycles. The minimum atomic E-state index is -1.13. The summed E-state index contributed by atoms with van der Waals surface area (Å²) in [5.41, 5.74) is 0. The molecule has 0 aromatic carbocycles. The highest BCUT2D eigenvalue weighted by Gasteiger charge is 2.14. The molecule has 0 aliphatic carbocycles. The van der Waals surface area contributed by atoms with Crippen LogP contribution in [-0.2, 0) is 19.1 Å². The first-order valence-electron chi connectivity index (χ1n) is 3.39. The summed E-state index contributed by atoms with van der Waals surface area (Å²) in [4.78, 5) is 20.9. The summed E-state index contributed by atoms with van der Waals surface area (Å²) in [5, 5.41) is 8.24. The SMILES string of the molecule is COC(CC(=O)CC(=O)O)OC. The Bertz CT molecular complexity index is 161. The van der Waals surface area contributed by atoms with Crippen molar-refractivity contribution in [2.45, 2.75) is 19.1 Å². The van der Waals surface area contributed by atoms with Crippen LogP contribution in [0.1, 0.15) is 12.8 Å². The first-order chi connectivity index (χ1) is 5.60. The van der Waals surface area contributed by atoms with E-state index >= 15 is 0 Å². The summed E-state index contributed by atoms with van der Waals surface area (Å²) in [6, 6.07) is 0. The quantitative estimate of drug-likeness (QED) is 0.457. The maximum absolute atomic E-state index is 10.8. The van der Waals surface area contributed by atoms with Gasteiger partial charge in [-0.15, -0.1) is 0 Å². The van der Waals surface area contributed by atoms with E-state index in [0.29, 0.717) is 0 Å². The monoisotopic (exact) mass is 176 g/mol. The fourth-order valence-electron chi connectivity index (χ4n) is 0.690. The summed E-state index contributed by atoms with van der Waals surface area (Å²) < 4.78 is 9.43. The Balaban J connectivity index is 3.74. The largest absolute Gasteiger partial charge is 0.481 e. The molecular weight excluding hydrogens is 164 g/mol. The topological polar surface area (TPSA) is 72.8 Å². The van der Waals surface area contributed by atoms with Crippen LogP contribution >= 0.6 is 0 Å². The molecule has 12 heavy (non-hydrogen) atoms. The van der Waals surface area contributed by atoms with Crippen LogP contribution in [0.2, 0.25) is 0 Å². The Labute approximate surface area is 70.3 Å². The number of rotatable bonds is 6. The molecule has 0 aromatic heterocycles. The van der Waals surface area contributed by atoms with Crippen LogP contribution in [0.25, 0.3) is 0 Å². The maximum atomic E-state index is 10.8. The van der Waals surface area contributed by atoms with Crippen molar-refractivity contribution in [1.82, 2.24) is 0 Å². The van der Waals surface area contributed by atoms with Gasteiger partial charge in [0.2, 0.25) is 0 Å². The first kappa shape index (κ1) is 11.1. The molecule has 0 aliphatic heterocycles. The number of Topliss-reactive ketones (excluding diaryl/α,β-unsaturated/α-hetero) is 1. The maximum Gasteiger partial charge on any atom is 0.310 e. The molecule has 1 N–H and O–H groups in total. The number of carbonyl (C=O) groups excluding carboxylic acids is 1. The zero-order valence-electron chi connectivity index (χ0n) is 7.07. The lowest BCUT2D eigenvalue weighted by atomic mass is 10.2. The van der Waals surface area contributed by atoms with Crippen molar-refractivity contribution >= 4 is 11.8 Å². The van der Waals surface area contributed by atoms with Crippen molar-refractivity contribution in [1.29, 1.82) is 0 Å². The molecule has 0 radical (unpaired) electrons. The Hall–Kier alpha value is -0.940. The number of carboxylic acid groups (broad SMARTS) is 1. The van der Waals surface area contributed by atoms with Crippen molar-refractivity contribution in [2.75, 3.05) is 14.2 Å². The summed E-state index contributed by atoms with van der Waals surface area (Å²) in [7, 11) is 2.78. The van der Waals surface area contributed by atoms with E-state index in [-0.39, 0.29) is 6.42 Å². The average Bonchev–Trinajstić information content (AvgIpc) is 1.98. The standard InChI is InChI=1S/C7H12O5/c1-11-7(12-2)4-5(8)3-6(9)10/h7H,3-4H2,1-2H3,(H,9,10). The molecule has 0 rings (SSSR count). The second kappa shape index (κ2) is 5.68.